The monoisotopic (exact) mass is 480 g/mol. The number of anilines is 1. The number of hydrogen-bond donors (Lipinski definition) is 0. The maximum absolute atomic E-state index is 13.8. The van der Waals surface area contributed by atoms with Crippen molar-refractivity contribution >= 4 is 11.5 Å². The Labute approximate surface area is 205 Å². The predicted molar refractivity (Wildman–Crippen MR) is 133 cm³/mol. The van der Waals surface area contributed by atoms with Gasteiger partial charge in [-0.15, -0.1) is 0 Å². The number of fused-ring (bicyclic) bond motifs is 1. The smallest absolute Gasteiger partial charge is 0.255 e. The summed E-state index contributed by atoms with van der Waals surface area (Å²) in [5.74, 6) is 0.993. The lowest BCUT2D eigenvalue weighted by Gasteiger charge is -2.49. The number of methoxy groups -OCH3 is 1. The fraction of sp³-hybridized carbons (Fsp3) is 0.500. The van der Waals surface area contributed by atoms with Gasteiger partial charge in [0.15, 0.2) is 0 Å². The van der Waals surface area contributed by atoms with Crippen LogP contribution in [0.15, 0.2) is 35.1 Å². The van der Waals surface area contributed by atoms with E-state index < -0.39 is 0 Å². The summed E-state index contributed by atoms with van der Waals surface area (Å²) in [4.78, 5) is 17.6. The highest BCUT2D eigenvalue weighted by Gasteiger charge is 2.37. The fourth-order valence-electron chi connectivity index (χ4n) is 5.23. The molecule has 1 unspecified atom stereocenters. The maximum atomic E-state index is 13.8. The zero-order valence-corrected chi connectivity index (χ0v) is 21.0. The van der Waals surface area contributed by atoms with Crippen LogP contribution >= 0.6 is 0 Å². The van der Waals surface area contributed by atoms with Crippen molar-refractivity contribution in [3.8, 4) is 11.8 Å². The number of nitriles is 1. The Kier molecular flexibility index (Phi) is 7.13. The molecule has 1 saturated heterocycles. The second-order valence-corrected chi connectivity index (χ2v) is 9.18. The number of rotatable bonds is 7. The second kappa shape index (κ2) is 10.1. The first kappa shape index (κ1) is 24.7. The quantitative estimate of drug-likeness (QED) is 0.513. The predicted octanol–water partition coefficient (Wildman–Crippen LogP) is 3.69. The van der Waals surface area contributed by atoms with Gasteiger partial charge in [0.25, 0.3) is 5.56 Å². The van der Waals surface area contributed by atoms with Gasteiger partial charge in [0.05, 0.1) is 25.3 Å². The lowest BCUT2D eigenvalue weighted by atomic mass is 9.96. The summed E-state index contributed by atoms with van der Waals surface area (Å²) in [6.45, 7) is 7.94. The minimum atomic E-state index is -0.314. The lowest BCUT2D eigenvalue weighted by Crippen LogP contribution is -2.59. The molecular formula is C26H33FN6O2. The second-order valence-electron chi connectivity index (χ2n) is 9.18. The molecule has 1 aliphatic heterocycles. The van der Waals surface area contributed by atoms with Gasteiger partial charge in [-0.05, 0) is 25.8 Å². The number of hydrogen-bond acceptors (Lipinski definition) is 6. The number of aryl methyl sites for hydroxylation is 1. The highest BCUT2D eigenvalue weighted by Crippen LogP contribution is 2.35. The van der Waals surface area contributed by atoms with Crippen molar-refractivity contribution in [2.75, 3.05) is 25.1 Å². The van der Waals surface area contributed by atoms with Crippen molar-refractivity contribution in [2.45, 2.75) is 58.2 Å². The SMILES string of the molecule is CC[C@H]1CN(C(C)c2ccc(F)cc2OC)[C@H](CC)CN1c1cc(=O)n(C)c2cc(CC#N)nn12. The molecule has 3 heterocycles. The molecule has 0 aliphatic carbocycles. The van der Waals surface area contributed by atoms with Gasteiger partial charge in [-0.3, -0.25) is 14.3 Å². The van der Waals surface area contributed by atoms with Crippen molar-refractivity contribution in [1.29, 1.82) is 5.26 Å². The Balaban J connectivity index is 1.73. The van der Waals surface area contributed by atoms with Gasteiger partial charge in [-0.1, -0.05) is 19.9 Å². The van der Waals surface area contributed by atoms with Crippen LogP contribution in [-0.2, 0) is 13.5 Å². The number of aromatic nitrogens is 3. The molecule has 1 aromatic carbocycles. The van der Waals surface area contributed by atoms with Gasteiger partial charge in [0.2, 0.25) is 0 Å². The normalized spacial score (nSPS) is 19.6. The first-order valence-electron chi connectivity index (χ1n) is 12.1. The Morgan fingerprint density at radius 1 is 1.20 bits per heavy atom. The van der Waals surface area contributed by atoms with Crippen molar-refractivity contribution in [3.05, 3.63) is 57.8 Å². The fourth-order valence-corrected chi connectivity index (χ4v) is 5.23. The molecule has 186 valence electrons. The number of nitrogens with zero attached hydrogens (tertiary/aromatic N) is 6. The summed E-state index contributed by atoms with van der Waals surface area (Å²) in [6, 6.07) is 10.7. The molecule has 3 aromatic rings. The topological polar surface area (TPSA) is 78.8 Å². The van der Waals surface area contributed by atoms with Gasteiger partial charge in [-0.25, -0.2) is 8.91 Å². The highest BCUT2D eigenvalue weighted by atomic mass is 19.1. The van der Waals surface area contributed by atoms with Crippen molar-refractivity contribution in [3.63, 3.8) is 0 Å². The van der Waals surface area contributed by atoms with Crippen LogP contribution in [-0.4, -0.2) is 51.4 Å². The van der Waals surface area contributed by atoms with Gasteiger partial charge < -0.3 is 9.64 Å². The molecule has 1 fully saturated rings. The molecule has 0 bridgehead atoms. The molecule has 0 radical (unpaired) electrons. The van der Waals surface area contributed by atoms with E-state index in [0.717, 1.165) is 37.3 Å². The average molecular weight is 481 g/mol. The van der Waals surface area contributed by atoms with E-state index in [1.165, 1.54) is 12.1 Å². The zero-order chi connectivity index (χ0) is 25.3. The van der Waals surface area contributed by atoms with Crippen LogP contribution in [0.4, 0.5) is 10.2 Å². The molecule has 0 saturated carbocycles. The molecule has 1 aliphatic rings. The van der Waals surface area contributed by atoms with Crippen LogP contribution in [0.1, 0.15) is 50.9 Å². The Bertz CT molecular complexity index is 1310. The molecule has 2 aromatic heterocycles. The van der Waals surface area contributed by atoms with E-state index in [4.69, 9.17) is 10.00 Å². The lowest BCUT2D eigenvalue weighted by molar-refractivity contribution is 0.0990. The average Bonchev–Trinajstić information content (AvgIpc) is 3.29. The van der Waals surface area contributed by atoms with Crippen LogP contribution in [0.25, 0.3) is 5.65 Å². The van der Waals surface area contributed by atoms with E-state index in [1.807, 2.05) is 12.1 Å². The van der Waals surface area contributed by atoms with Crippen LogP contribution in [0.3, 0.4) is 0 Å². The van der Waals surface area contributed by atoms with Crippen LogP contribution in [0.5, 0.6) is 5.75 Å². The Morgan fingerprint density at radius 3 is 2.60 bits per heavy atom. The van der Waals surface area contributed by atoms with Crippen molar-refractivity contribution in [1.82, 2.24) is 19.1 Å². The van der Waals surface area contributed by atoms with E-state index in [2.05, 4.69) is 41.7 Å². The Morgan fingerprint density at radius 2 is 1.94 bits per heavy atom. The van der Waals surface area contributed by atoms with Gasteiger partial charge in [-0.2, -0.15) is 10.4 Å². The summed E-state index contributed by atoms with van der Waals surface area (Å²) >= 11 is 0. The van der Waals surface area contributed by atoms with E-state index in [0.29, 0.717) is 17.1 Å². The van der Waals surface area contributed by atoms with Crippen LogP contribution in [0, 0.1) is 17.1 Å². The van der Waals surface area contributed by atoms with E-state index in [9.17, 15) is 9.18 Å². The number of benzene rings is 1. The molecule has 3 atom stereocenters. The van der Waals surface area contributed by atoms with E-state index >= 15 is 0 Å². The van der Waals surface area contributed by atoms with E-state index in [-0.39, 0.29) is 35.9 Å². The minimum absolute atomic E-state index is 0.0299. The third-order valence-electron chi connectivity index (χ3n) is 7.26. The summed E-state index contributed by atoms with van der Waals surface area (Å²) in [6.07, 6.45) is 1.98. The first-order chi connectivity index (χ1) is 16.8. The number of halogens is 1. The standard InChI is InChI=1S/C26H33FN6O2/c1-6-20-16-32(25-14-26(34)30(4)24-13-19(10-11-28)29-33(24)25)21(7-2)15-31(20)17(3)22-9-8-18(27)12-23(22)35-5/h8-9,12-14,17,20-21H,6-7,10,15-16H2,1-5H3/t17?,20-,21+/m1/s1. The van der Waals surface area contributed by atoms with Gasteiger partial charge in [0, 0.05) is 62.0 Å². The molecule has 0 spiro atoms. The largest absolute Gasteiger partial charge is 0.496 e. The first-order valence-corrected chi connectivity index (χ1v) is 12.1. The zero-order valence-electron chi connectivity index (χ0n) is 21.0. The Hall–Kier alpha value is -3.38. The van der Waals surface area contributed by atoms with Gasteiger partial charge >= 0.3 is 0 Å². The maximum Gasteiger partial charge on any atom is 0.255 e. The number of piperazine rings is 1. The third-order valence-corrected chi connectivity index (χ3v) is 7.26. The van der Waals surface area contributed by atoms with Crippen LogP contribution < -0.4 is 15.2 Å². The molecule has 0 amide bonds. The third kappa shape index (κ3) is 4.50. The molecule has 35 heavy (non-hydrogen) atoms. The van der Waals surface area contributed by atoms with Crippen LogP contribution in [0.2, 0.25) is 0 Å². The summed E-state index contributed by atoms with van der Waals surface area (Å²) in [7, 11) is 3.29. The van der Waals surface area contributed by atoms with Crippen molar-refractivity contribution < 1.29 is 9.13 Å². The summed E-state index contributed by atoms with van der Waals surface area (Å²) < 4.78 is 22.7. The van der Waals surface area contributed by atoms with Gasteiger partial charge in [0.1, 0.15) is 23.0 Å². The molecule has 0 N–H and O–H groups in total. The summed E-state index contributed by atoms with van der Waals surface area (Å²) in [5, 5.41) is 13.8. The number of ether oxygens (including phenoxy) is 1. The van der Waals surface area contributed by atoms with E-state index in [1.54, 1.807) is 29.3 Å². The molecule has 4 rings (SSSR count). The highest BCUT2D eigenvalue weighted by molar-refractivity contribution is 5.52. The summed E-state index contributed by atoms with van der Waals surface area (Å²) in [5.41, 5.74) is 2.17. The molecule has 9 heteroatoms. The molecule has 8 nitrogen and oxygen atoms in total. The molecular weight excluding hydrogens is 447 g/mol. The van der Waals surface area contributed by atoms with Crippen molar-refractivity contribution in [2.24, 2.45) is 7.05 Å². The minimum Gasteiger partial charge on any atom is -0.496 e.